The minimum absolute atomic E-state index is 0.0335. The van der Waals surface area contributed by atoms with Gasteiger partial charge in [0, 0.05) is 30.9 Å². The van der Waals surface area contributed by atoms with Crippen LogP contribution in [0.1, 0.15) is 9.67 Å². The van der Waals surface area contributed by atoms with E-state index in [1.165, 1.54) is 11.3 Å². The number of nitrogens with zero attached hydrogens (tertiary/aromatic N) is 2. The standard InChI is InChI=1S/C15H14N2O2S2/c18-14-12-8-16(15(19)13-2-1-4-21-13)6-10(12)7-17(14)11-3-5-20-9-11/h1-5,9-10,12H,6-8H2/t10-,12-/m0/s1. The highest BCUT2D eigenvalue weighted by Gasteiger charge is 2.48. The van der Waals surface area contributed by atoms with Gasteiger partial charge in [0.05, 0.1) is 16.5 Å². The average Bonchev–Trinajstić information content (AvgIpc) is 3.25. The molecule has 2 aliphatic heterocycles. The number of hydrogen-bond donors (Lipinski definition) is 0. The Labute approximate surface area is 130 Å². The first-order valence-electron chi connectivity index (χ1n) is 6.90. The molecule has 6 heteroatoms. The third-order valence-corrected chi connectivity index (χ3v) is 5.81. The Morgan fingerprint density at radius 2 is 2.10 bits per heavy atom. The SMILES string of the molecule is O=C(c1cccs1)N1C[C@H]2CN(c3ccsc3)C(=O)[C@H]2C1. The Kier molecular flexibility index (Phi) is 3.08. The molecule has 2 aromatic heterocycles. The van der Waals surface area contributed by atoms with Crippen LogP contribution in [0.25, 0.3) is 0 Å². The van der Waals surface area contributed by atoms with Crippen LogP contribution in [-0.4, -0.2) is 36.3 Å². The van der Waals surface area contributed by atoms with Gasteiger partial charge in [0.2, 0.25) is 5.91 Å². The molecule has 0 aromatic carbocycles. The largest absolute Gasteiger partial charge is 0.337 e. The summed E-state index contributed by atoms with van der Waals surface area (Å²) < 4.78 is 0. The Hall–Kier alpha value is -1.66. The van der Waals surface area contributed by atoms with Crippen molar-refractivity contribution in [3.8, 4) is 0 Å². The lowest BCUT2D eigenvalue weighted by molar-refractivity contribution is -0.120. The first kappa shape index (κ1) is 13.0. The van der Waals surface area contributed by atoms with Gasteiger partial charge in [0.15, 0.2) is 0 Å². The van der Waals surface area contributed by atoms with E-state index in [9.17, 15) is 9.59 Å². The first-order valence-corrected chi connectivity index (χ1v) is 8.72. The number of hydrogen-bond acceptors (Lipinski definition) is 4. The van der Waals surface area contributed by atoms with Gasteiger partial charge in [0.1, 0.15) is 0 Å². The molecule has 0 radical (unpaired) electrons. The molecule has 0 aliphatic carbocycles. The van der Waals surface area contributed by atoms with Crippen LogP contribution < -0.4 is 4.90 Å². The van der Waals surface area contributed by atoms with Crippen molar-refractivity contribution >= 4 is 40.2 Å². The molecule has 0 N–H and O–H groups in total. The van der Waals surface area contributed by atoms with Gasteiger partial charge in [-0.25, -0.2) is 0 Å². The molecule has 2 aliphatic rings. The lowest BCUT2D eigenvalue weighted by atomic mass is 10.0. The van der Waals surface area contributed by atoms with Crippen molar-refractivity contribution < 1.29 is 9.59 Å². The van der Waals surface area contributed by atoms with Crippen LogP contribution in [0.15, 0.2) is 34.3 Å². The van der Waals surface area contributed by atoms with Crippen LogP contribution in [0.2, 0.25) is 0 Å². The third-order valence-electron chi connectivity index (χ3n) is 4.28. The summed E-state index contributed by atoms with van der Waals surface area (Å²) in [6, 6.07) is 5.72. The van der Waals surface area contributed by atoms with Crippen LogP contribution in [-0.2, 0) is 4.79 Å². The van der Waals surface area contributed by atoms with E-state index in [1.54, 1.807) is 11.3 Å². The van der Waals surface area contributed by atoms with Crippen molar-refractivity contribution in [2.24, 2.45) is 11.8 Å². The highest BCUT2D eigenvalue weighted by atomic mass is 32.1. The van der Waals surface area contributed by atoms with Crippen LogP contribution in [0, 0.1) is 11.8 Å². The number of thiophene rings is 2. The maximum Gasteiger partial charge on any atom is 0.263 e. The van der Waals surface area contributed by atoms with E-state index < -0.39 is 0 Å². The molecule has 0 bridgehead atoms. The van der Waals surface area contributed by atoms with E-state index in [1.807, 2.05) is 44.1 Å². The fraction of sp³-hybridized carbons (Fsp3) is 0.333. The smallest absolute Gasteiger partial charge is 0.263 e. The molecular weight excluding hydrogens is 304 g/mol. The number of likely N-dealkylation sites (tertiary alicyclic amines) is 1. The normalized spacial score (nSPS) is 24.7. The monoisotopic (exact) mass is 318 g/mol. The van der Waals surface area contributed by atoms with Gasteiger partial charge >= 0.3 is 0 Å². The van der Waals surface area contributed by atoms with E-state index in [0.717, 1.165) is 17.1 Å². The maximum absolute atomic E-state index is 12.5. The number of anilines is 1. The van der Waals surface area contributed by atoms with Gasteiger partial charge < -0.3 is 9.80 Å². The molecule has 4 heterocycles. The van der Waals surface area contributed by atoms with E-state index in [0.29, 0.717) is 13.1 Å². The van der Waals surface area contributed by atoms with E-state index in [-0.39, 0.29) is 23.7 Å². The summed E-state index contributed by atoms with van der Waals surface area (Å²) in [6.07, 6.45) is 0. The lowest BCUT2D eigenvalue weighted by Crippen LogP contribution is -2.35. The van der Waals surface area contributed by atoms with E-state index in [2.05, 4.69) is 0 Å². The second-order valence-corrected chi connectivity index (χ2v) is 7.21. The van der Waals surface area contributed by atoms with Crippen LogP contribution >= 0.6 is 22.7 Å². The van der Waals surface area contributed by atoms with Crippen molar-refractivity contribution in [2.45, 2.75) is 0 Å². The van der Waals surface area contributed by atoms with Crippen molar-refractivity contribution in [1.29, 1.82) is 0 Å². The fourth-order valence-corrected chi connectivity index (χ4v) is 4.56. The molecule has 4 rings (SSSR count). The molecular formula is C15H14N2O2S2. The molecule has 2 fully saturated rings. The third kappa shape index (κ3) is 2.10. The molecule has 0 spiro atoms. The summed E-state index contributed by atoms with van der Waals surface area (Å²) in [7, 11) is 0. The van der Waals surface area contributed by atoms with Gasteiger partial charge in [-0.15, -0.1) is 11.3 Å². The zero-order valence-electron chi connectivity index (χ0n) is 11.3. The number of amides is 2. The minimum atomic E-state index is -0.0335. The average molecular weight is 318 g/mol. The Morgan fingerprint density at radius 1 is 1.19 bits per heavy atom. The molecule has 4 nitrogen and oxygen atoms in total. The molecule has 0 unspecified atom stereocenters. The predicted octanol–water partition coefficient (Wildman–Crippen LogP) is 2.54. The van der Waals surface area contributed by atoms with Crippen LogP contribution in [0.5, 0.6) is 0 Å². The predicted molar refractivity (Wildman–Crippen MR) is 83.9 cm³/mol. The number of carbonyl (C=O) groups excluding carboxylic acids is 2. The summed E-state index contributed by atoms with van der Waals surface area (Å²) in [5.41, 5.74) is 0.996. The summed E-state index contributed by atoms with van der Waals surface area (Å²) in [4.78, 5) is 29.4. The summed E-state index contributed by atoms with van der Waals surface area (Å²) in [6.45, 7) is 1.98. The fourth-order valence-electron chi connectivity index (χ4n) is 3.23. The van der Waals surface area contributed by atoms with Crippen LogP contribution in [0.3, 0.4) is 0 Å². The van der Waals surface area contributed by atoms with Crippen LogP contribution in [0.4, 0.5) is 5.69 Å². The van der Waals surface area contributed by atoms with Gasteiger partial charge in [-0.2, -0.15) is 11.3 Å². The molecule has 2 saturated heterocycles. The topological polar surface area (TPSA) is 40.6 Å². The van der Waals surface area contributed by atoms with Crippen molar-refractivity contribution in [3.05, 3.63) is 39.2 Å². The lowest BCUT2D eigenvalue weighted by Gasteiger charge is -2.20. The van der Waals surface area contributed by atoms with Gasteiger partial charge in [-0.3, -0.25) is 9.59 Å². The number of carbonyl (C=O) groups is 2. The Morgan fingerprint density at radius 3 is 2.76 bits per heavy atom. The molecule has 108 valence electrons. The summed E-state index contributed by atoms with van der Waals surface area (Å²) in [5.74, 6) is 0.462. The van der Waals surface area contributed by atoms with Crippen molar-refractivity contribution in [1.82, 2.24) is 4.90 Å². The van der Waals surface area contributed by atoms with Crippen molar-refractivity contribution in [3.63, 3.8) is 0 Å². The molecule has 0 saturated carbocycles. The van der Waals surface area contributed by atoms with E-state index >= 15 is 0 Å². The zero-order valence-corrected chi connectivity index (χ0v) is 12.9. The summed E-state index contributed by atoms with van der Waals surface area (Å²) in [5, 5.41) is 5.91. The first-order chi connectivity index (χ1) is 10.2. The molecule has 2 atom stereocenters. The highest BCUT2D eigenvalue weighted by Crippen LogP contribution is 2.36. The molecule has 21 heavy (non-hydrogen) atoms. The molecule has 2 amide bonds. The van der Waals surface area contributed by atoms with Gasteiger partial charge in [-0.1, -0.05) is 6.07 Å². The second kappa shape index (κ2) is 4.96. The minimum Gasteiger partial charge on any atom is -0.337 e. The highest BCUT2D eigenvalue weighted by molar-refractivity contribution is 7.12. The second-order valence-electron chi connectivity index (χ2n) is 5.48. The number of fused-ring (bicyclic) bond motifs is 1. The summed E-state index contributed by atoms with van der Waals surface area (Å²) >= 11 is 3.06. The Balaban J connectivity index is 1.50. The quantitative estimate of drug-likeness (QED) is 0.854. The van der Waals surface area contributed by atoms with Gasteiger partial charge in [-0.05, 0) is 22.9 Å². The Bertz CT molecular complexity index is 666. The maximum atomic E-state index is 12.5. The zero-order chi connectivity index (χ0) is 14.4. The molecule has 2 aromatic rings. The van der Waals surface area contributed by atoms with E-state index in [4.69, 9.17) is 0 Å². The number of rotatable bonds is 2. The van der Waals surface area contributed by atoms with Gasteiger partial charge in [0.25, 0.3) is 5.91 Å². The van der Waals surface area contributed by atoms with Crippen molar-refractivity contribution in [2.75, 3.05) is 24.5 Å².